The first-order valence-corrected chi connectivity index (χ1v) is 11.6. The smallest absolute Gasteiger partial charge is 0.270 e. The van der Waals surface area contributed by atoms with Crippen molar-refractivity contribution in [3.05, 3.63) is 86.5 Å². The standard InChI is InChI=1S/C22H12FN5O5S2/c23-12-5-7-16-17(9-12)35-22(25-16)27(24-10-13-6-8-19(34-13)28(32)33)18(29)11-26-20(30)14-3-1-2-4-15(14)21(26)31/h1-10H,11H2/b24-10+. The highest BCUT2D eigenvalue weighted by Crippen LogP contribution is 2.31. The molecule has 0 fully saturated rings. The Morgan fingerprint density at radius 1 is 1.11 bits per heavy atom. The van der Waals surface area contributed by atoms with Crippen molar-refractivity contribution in [2.75, 3.05) is 11.6 Å². The molecule has 1 aliphatic heterocycles. The maximum atomic E-state index is 13.7. The fraction of sp³-hybridized carbons (Fsp3) is 0.0455. The van der Waals surface area contributed by atoms with Gasteiger partial charge in [0.2, 0.25) is 5.13 Å². The lowest BCUT2D eigenvalue weighted by molar-refractivity contribution is -0.380. The first kappa shape index (κ1) is 22.4. The van der Waals surface area contributed by atoms with Gasteiger partial charge in [0.15, 0.2) is 0 Å². The second-order valence-electron chi connectivity index (χ2n) is 7.23. The molecule has 174 valence electrons. The molecule has 1 aliphatic rings. The van der Waals surface area contributed by atoms with Crippen LogP contribution in [0.3, 0.4) is 0 Å². The Morgan fingerprint density at radius 3 is 2.49 bits per heavy atom. The highest BCUT2D eigenvalue weighted by atomic mass is 32.1. The van der Waals surface area contributed by atoms with Gasteiger partial charge in [-0.05, 0) is 36.4 Å². The molecule has 0 atom stereocenters. The van der Waals surface area contributed by atoms with E-state index in [4.69, 9.17) is 0 Å². The predicted molar refractivity (Wildman–Crippen MR) is 127 cm³/mol. The molecule has 0 unspecified atom stereocenters. The van der Waals surface area contributed by atoms with Gasteiger partial charge in [0.05, 0.1) is 37.4 Å². The van der Waals surface area contributed by atoms with Crippen LogP contribution in [0.2, 0.25) is 0 Å². The summed E-state index contributed by atoms with van der Waals surface area (Å²) in [7, 11) is 0. The van der Waals surface area contributed by atoms with E-state index in [-0.39, 0.29) is 21.3 Å². The monoisotopic (exact) mass is 509 g/mol. The summed E-state index contributed by atoms with van der Waals surface area (Å²) in [5.74, 6) is -2.45. The van der Waals surface area contributed by atoms with Gasteiger partial charge >= 0.3 is 5.00 Å². The quantitative estimate of drug-likeness (QED) is 0.167. The minimum absolute atomic E-state index is 0.0783. The summed E-state index contributed by atoms with van der Waals surface area (Å²) in [4.78, 5) is 54.6. The maximum Gasteiger partial charge on any atom is 0.324 e. The van der Waals surface area contributed by atoms with Crippen LogP contribution in [-0.4, -0.2) is 45.3 Å². The second-order valence-corrected chi connectivity index (χ2v) is 9.34. The van der Waals surface area contributed by atoms with Crippen molar-refractivity contribution >= 4 is 67.0 Å². The SMILES string of the molecule is O=C1c2ccccc2C(=O)N1CC(=O)N(/N=C/c1ccc([N+](=O)[O-])s1)c1nc2ccc(F)cc2s1. The number of carbonyl (C=O) groups excluding carboxylic acids is 3. The van der Waals surface area contributed by atoms with Gasteiger partial charge in [-0.1, -0.05) is 34.8 Å². The number of nitrogens with zero attached hydrogens (tertiary/aromatic N) is 5. The van der Waals surface area contributed by atoms with Crippen LogP contribution in [0.4, 0.5) is 14.5 Å². The summed E-state index contributed by atoms with van der Waals surface area (Å²) in [5.41, 5.74) is 0.815. The van der Waals surface area contributed by atoms with E-state index in [1.165, 1.54) is 48.7 Å². The summed E-state index contributed by atoms with van der Waals surface area (Å²) >= 11 is 1.84. The molecule has 0 bridgehead atoms. The molecule has 0 aliphatic carbocycles. The van der Waals surface area contributed by atoms with E-state index in [9.17, 15) is 28.9 Å². The second kappa shape index (κ2) is 8.77. The number of imide groups is 1. The lowest BCUT2D eigenvalue weighted by atomic mass is 10.1. The Kier molecular flexibility index (Phi) is 5.62. The third-order valence-corrected chi connectivity index (χ3v) is 6.99. The van der Waals surface area contributed by atoms with Crippen molar-refractivity contribution in [2.24, 2.45) is 5.10 Å². The van der Waals surface area contributed by atoms with Crippen LogP contribution in [0, 0.1) is 15.9 Å². The number of fused-ring (bicyclic) bond motifs is 2. The number of aromatic nitrogens is 1. The van der Waals surface area contributed by atoms with E-state index in [0.717, 1.165) is 32.6 Å². The maximum absolute atomic E-state index is 13.7. The van der Waals surface area contributed by atoms with Crippen molar-refractivity contribution < 1.29 is 23.7 Å². The summed E-state index contributed by atoms with van der Waals surface area (Å²) in [6.07, 6.45) is 1.24. The molecule has 2 aromatic carbocycles. The van der Waals surface area contributed by atoms with Crippen LogP contribution >= 0.6 is 22.7 Å². The minimum atomic E-state index is -0.749. The molecule has 10 nitrogen and oxygen atoms in total. The van der Waals surface area contributed by atoms with Gasteiger partial charge in [-0.25, -0.2) is 9.37 Å². The van der Waals surface area contributed by atoms with Gasteiger partial charge in [-0.3, -0.25) is 29.4 Å². The van der Waals surface area contributed by atoms with Gasteiger partial charge in [-0.2, -0.15) is 10.1 Å². The molecule has 35 heavy (non-hydrogen) atoms. The average Bonchev–Trinajstić information content (AvgIpc) is 3.53. The lowest BCUT2D eigenvalue weighted by Gasteiger charge is -2.18. The van der Waals surface area contributed by atoms with Crippen molar-refractivity contribution in [3.8, 4) is 0 Å². The molecule has 3 amide bonds. The third-order valence-electron chi connectivity index (χ3n) is 5.02. The molecular weight excluding hydrogens is 497 g/mol. The Bertz CT molecular complexity index is 1530. The van der Waals surface area contributed by atoms with E-state index in [1.807, 2.05) is 0 Å². The van der Waals surface area contributed by atoms with Gasteiger partial charge in [0.25, 0.3) is 17.7 Å². The number of hydrogen-bond donors (Lipinski definition) is 0. The van der Waals surface area contributed by atoms with Gasteiger partial charge in [0, 0.05) is 6.07 Å². The summed E-state index contributed by atoms with van der Waals surface area (Å²) < 4.78 is 14.1. The molecule has 13 heteroatoms. The van der Waals surface area contributed by atoms with E-state index in [1.54, 1.807) is 12.1 Å². The normalized spacial score (nSPS) is 13.1. The number of carbonyl (C=O) groups is 3. The van der Waals surface area contributed by atoms with E-state index in [2.05, 4.69) is 10.1 Å². The highest BCUT2D eigenvalue weighted by molar-refractivity contribution is 7.22. The van der Waals surface area contributed by atoms with Crippen LogP contribution < -0.4 is 5.01 Å². The van der Waals surface area contributed by atoms with E-state index >= 15 is 0 Å². The van der Waals surface area contributed by atoms with Crippen LogP contribution in [-0.2, 0) is 4.79 Å². The number of hydrogen-bond acceptors (Lipinski definition) is 9. The number of hydrazone groups is 1. The molecule has 3 heterocycles. The van der Waals surface area contributed by atoms with Crippen LogP contribution in [0.5, 0.6) is 0 Å². The molecule has 0 radical (unpaired) electrons. The zero-order chi connectivity index (χ0) is 24.7. The molecule has 0 spiro atoms. The van der Waals surface area contributed by atoms with Gasteiger partial charge in [-0.15, -0.1) is 0 Å². The lowest BCUT2D eigenvalue weighted by Crippen LogP contribution is -2.41. The first-order valence-electron chi connectivity index (χ1n) is 9.94. The fourth-order valence-electron chi connectivity index (χ4n) is 3.41. The van der Waals surface area contributed by atoms with Crippen molar-refractivity contribution in [2.45, 2.75) is 0 Å². The average molecular weight is 510 g/mol. The number of thiazole rings is 1. The number of nitro groups is 1. The topological polar surface area (TPSA) is 126 Å². The molecule has 4 aromatic rings. The van der Waals surface area contributed by atoms with Crippen molar-refractivity contribution in [1.29, 1.82) is 0 Å². The Labute approximate surface area is 203 Å². The molecular formula is C22H12FN5O5S2. The zero-order valence-corrected chi connectivity index (χ0v) is 19.1. The van der Waals surface area contributed by atoms with Crippen LogP contribution in [0.25, 0.3) is 10.2 Å². The Hall–Kier alpha value is -4.36. The van der Waals surface area contributed by atoms with E-state index in [0.29, 0.717) is 15.1 Å². The van der Waals surface area contributed by atoms with Crippen molar-refractivity contribution in [1.82, 2.24) is 9.88 Å². The Morgan fingerprint density at radius 2 is 1.83 bits per heavy atom. The predicted octanol–water partition coefficient (Wildman–Crippen LogP) is 4.07. The van der Waals surface area contributed by atoms with Gasteiger partial charge in [0.1, 0.15) is 12.4 Å². The third kappa shape index (κ3) is 4.18. The number of benzene rings is 2. The molecule has 0 saturated carbocycles. The number of anilines is 1. The molecule has 2 aromatic heterocycles. The molecule has 0 saturated heterocycles. The fourth-order valence-corrected chi connectivity index (χ4v) is 5.06. The Balaban J connectivity index is 1.48. The summed E-state index contributed by atoms with van der Waals surface area (Å²) in [6.45, 7) is -0.613. The first-order chi connectivity index (χ1) is 16.8. The zero-order valence-electron chi connectivity index (χ0n) is 17.5. The van der Waals surface area contributed by atoms with Crippen molar-refractivity contribution in [3.63, 3.8) is 0 Å². The van der Waals surface area contributed by atoms with Gasteiger partial charge < -0.3 is 0 Å². The number of amides is 3. The number of halogens is 1. The molecule has 0 N–H and O–H groups in total. The largest absolute Gasteiger partial charge is 0.324 e. The van der Waals surface area contributed by atoms with E-state index < -0.39 is 35.0 Å². The minimum Gasteiger partial charge on any atom is -0.270 e. The molecule has 5 rings (SSSR count). The van der Waals surface area contributed by atoms with Crippen LogP contribution in [0.15, 0.2) is 59.7 Å². The number of rotatable bonds is 6. The highest BCUT2D eigenvalue weighted by Gasteiger charge is 2.37. The summed E-state index contributed by atoms with van der Waals surface area (Å²) in [5, 5.41) is 16.0. The summed E-state index contributed by atoms with van der Waals surface area (Å²) in [6, 6.07) is 12.9. The number of thiophene rings is 1. The van der Waals surface area contributed by atoms with Crippen LogP contribution in [0.1, 0.15) is 25.6 Å².